The van der Waals surface area contributed by atoms with Gasteiger partial charge in [0.2, 0.25) is 0 Å². The van der Waals surface area contributed by atoms with E-state index < -0.39 is 13.7 Å². The topological polar surface area (TPSA) is 55.8 Å². The van der Waals surface area contributed by atoms with E-state index in [1.807, 2.05) is 0 Å². The van der Waals surface area contributed by atoms with Crippen LogP contribution in [0.5, 0.6) is 0 Å². The molecular weight excluding hydrogens is 407 g/mol. The standard InChI is InChI=1S/C23H44ClO4P/c1-15(2)20-9-7-17(5)11-22(20)27-29(26,14-19(25)13-24)28-23-12-18(6)8-10-21(23)16(3)4/h15-23,25H,7-14H2,1-6H3/t17-,18-,19-,20-,21-,22-,23-/m1/s1. The van der Waals surface area contributed by atoms with Crippen LogP contribution in [0, 0.1) is 35.5 Å². The van der Waals surface area contributed by atoms with E-state index in [0.717, 1.165) is 25.7 Å². The Hall–Kier alpha value is 0.400. The van der Waals surface area contributed by atoms with E-state index in [1.165, 1.54) is 12.8 Å². The number of hydrogen-bond acceptors (Lipinski definition) is 4. The first-order valence-corrected chi connectivity index (χ1v) is 14.0. The molecule has 0 aromatic heterocycles. The molecule has 6 heteroatoms. The van der Waals surface area contributed by atoms with Gasteiger partial charge in [-0.2, -0.15) is 0 Å². The molecule has 2 fully saturated rings. The van der Waals surface area contributed by atoms with Gasteiger partial charge in [0.15, 0.2) is 0 Å². The number of rotatable bonds is 9. The Morgan fingerprint density at radius 3 is 1.66 bits per heavy atom. The lowest BCUT2D eigenvalue weighted by Crippen LogP contribution is -2.37. The van der Waals surface area contributed by atoms with E-state index in [1.54, 1.807) is 0 Å². The first kappa shape index (κ1) is 25.7. The summed E-state index contributed by atoms with van der Waals surface area (Å²) < 4.78 is 26.8. The monoisotopic (exact) mass is 450 g/mol. The molecule has 0 radical (unpaired) electrons. The molecule has 2 aliphatic carbocycles. The average Bonchev–Trinajstić information content (AvgIpc) is 2.60. The molecule has 0 saturated heterocycles. The summed E-state index contributed by atoms with van der Waals surface area (Å²) >= 11 is 5.87. The third-order valence-electron chi connectivity index (χ3n) is 7.13. The Morgan fingerprint density at radius 2 is 1.31 bits per heavy atom. The van der Waals surface area contributed by atoms with Crippen molar-refractivity contribution in [3.05, 3.63) is 0 Å². The first-order valence-electron chi connectivity index (χ1n) is 11.7. The third-order valence-corrected chi connectivity index (χ3v) is 9.54. The van der Waals surface area contributed by atoms with Gasteiger partial charge in [-0.05, 0) is 61.2 Å². The highest BCUT2D eigenvalue weighted by molar-refractivity contribution is 7.53. The molecule has 4 nitrogen and oxygen atoms in total. The largest absolute Gasteiger partial charge is 0.391 e. The number of hydrogen-bond donors (Lipinski definition) is 1. The fourth-order valence-electron chi connectivity index (χ4n) is 5.30. The summed E-state index contributed by atoms with van der Waals surface area (Å²) in [5.74, 6) is 2.85. The summed E-state index contributed by atoms with van der Waals surface area (Å²) in [4.78, 5) is 0. The van der Waals surface area contributed by atoms with Crippen molar-refractivity contribution in [1.82, 2.24) is 0 Å². The maximum Gasteiger partial charge on any atom is 0.333 e. The van der Waals surface area contributed by atoms with Crippen LogP contribution < -0.4 is 0 Å². The van der Waals surface area contributed by atoms with Crippen molar-refractivity contribution < 1.29 is 18.7 Å². The smallest absolute Gasteiger partial charge is 0.333 e. The predicted octanol–water partition coefficient (Wildman–Crippen LogP) is 6.73. The number of aliphatic hydroxyl groups excluding tert-OH is 1. The van der Waals surface area contributed by atoms with E-state index in [-0.39, 0.29) is 24.2 Å². The minimum Gasteiger partial charge on any atom is -0.391 e. The van der Waals surface area contributed by atoms with Crippen LogP contribution in [-0.4, -0.2) is 35.5 Å². The number of alkyl halides is 1. The zero-order chi connectivity index (χ0) is 21.8. The molecule has 0 aliphatic heterocycles. The minimum atomic E-state index is -3.47. The van der Waals surface area contributed by atoms with Crippen molar-refractivity contribution >= 4 is 19.2 Å². The Kier molecular flexibility index (Phi) is 10.0. The van der Waals surface area contributed by atoms with Crippen LogP contribution in [0.1, 0.15) is 80.1 Å². The van der Waals surface area contributed by atoms with Crippen molar-refractivity contribution in [1.29, 1.82) is 0 Å². The van der Waals surface area contributed by atoms with E-state index in [9.17, 15) is 9.67 Å². The maximum absolute atomic E-state index is 14.0. The van der Waals surface area contributed by atoms with Gasteiger partial charge in [0, 0.05) is 5.88 Å². The maximum atomic E-state index is 14.0. The van der Waals surface area contributed by atoms with Crippen molar-refractivity contribution in [2.45, 2.75) is 98.4 Å². The van der Waals surface area contributed by atoms with Crippen LogP contribution in [0.25, 0.3) is 0 Å². The molecule has 1 N–H and O–H groups in total. The third kappa shape index (κ3) is 7.49. The van der Waals surface area contributed by atoms with Gasteiger partial charge in [-0.1, -0.05) is 54.4 Å². The summed E-state index contributed by atoms with van der Waals surface area (Å²) in [5, 5.41) is 10.2. The lowest BCUT2D eigenvalue weighted by molar-refractivity contribution is -0.00535. The highest BCUT2D eigenvalue weighted by atomic mass is 35.5. The van der Waals surface area contributed by atoms with Gasteiger partial charge in [0.25, 0.3) is 0 Å². The SMILES string of the molecule is CC(C)[C@H]1CC[C@@H](C)C[C@H]1OP(=O)(C[C@H](O)CCl)O[C@@H]1C[C@H](C)CC[C@@H]1C(C)C. The zero-order valence-corrected chi connectivity index (χ0v) is 21.0. The molecule has 0 aromatic rings. The predicted molar refractivity (Wildman–Crippen MR) is 122 cm³/mol. The summed E-state index contributed by atoms with van der Waals surface area (Å²) in [6.07, 6.45) is 5.33. The van der Waals surface area contributed by atoms with Crippen molar-refractivity contribution in [2.75, 3.05) is 12.0 Å². The Morgan fingerprint density at radius 1 is 0.897 bits per heavy atom. The molecule has 0 bridgehead atoms. The minimum absolute atomic E-state index is 0.0120. The van der Waals surface area contributed by atoms with Crippen LogP contribution in [0.4, 0.5) is 0 Å². The van der Waals surface area contributed by atoms with Gasteiger partial charge in [-0.25, -0.2) is 0 Å². The molecule has 0 heterocycles. The van der Waals surface area contributed by atoms with Gasteiger partial charge in [-0.3, -0.25) is 4.57 Å². The molecular formula is C23H44ClO4P. The van der Waals surface area contributed by atoms with Gasteiger partial charge in [-0.15, -0.1) is 11.6 Å². The van der Waals surface area contributed by atoms with Gasteiger partial charge >= 0.3 is 7.60 Å². The van der Waals surface area contributed by atoms with E-state index in [2.05, 4.69) is 41.5 Å². The lowest BCUT2D eigenvalue weighted by atomic mass is 9.75. The molecule has 2 aliphatic rings. The normalized spacial score (nSPS) is 35.2. The van der Waals surface area contributed by atoms with Crippen molar-refractivity contribution in [3.63, 3.8) is 0 Å². The summed E-state index contributed by atoms with van der Waals surface area (Å²) in [6, 6.07) is 0. The molecule has 0 aromatic carbocycles. The van der Waals surface area contributed by atoms with Crippen molar-refractivity contribution in [2.24, 2.45) is 35.5 Å². The average molecular weight is 451 g/mol. The van der Waals surface area contributed by atoms with Crippen LogP contribution in [0.2, 0.25) is 0 Å². The fourth-order valence-corrected chi connectivity index (χ4v) is 7.74. The second-order valence-corrected chi connectivity index (χ2v) is 12.9. The molecule has 2 rings (SSSR count). The summed E-state index contributed by atoms with van der Waals surface area (Å²) in [5.41, 5.74) is 0. The number of aliphatic hydroxyl groups is 1. The lowest BCUT2D eigenvalue weighted by Gasteiger charge is -2.42. The molecule has 0 amide bonds. The van der Waals surface area contributed by atoms with Crippen LogP contribution >= 0.6 is 19.2 Å². The zero-order valence-electron chi connectivity index (χ0n) is 19.4. The second kappa shape index (κ2) is 11.3. The van der Waals surface area contributed by atoms with Gasteiger partial charge in [0.05, 0.1) is 24.5 Å². The first-order chi connectivity index (χ1) is 13.5. The molecule has 0 spiro atoms. The molecule has 172 valence electrons. The van der Waals surface area contributed by atoms with Crippen molar-refractivity contribution in [3.8, 4) is 0 Å². The Labute approximate surface area is 184 Å². The molecule has 7 atom stereocenters. The summed E-state index contributed by atoms with van der Waals surface area (Å²) in [7, 11) is -3.47. The molecule has 2 saturated carbocycles. The second-order valence-electron chi connectivity index (χ2n) is 10.5. The highest BCUT2D eigenvalue weighted by Gasteiger charge is 2.42. The van der Waals surface area contributed by atoms with E-state index >= 15 is 0 Å². The van der Waals surface area contributed by atoms with Crippen LogP contribution in [-0.2, 0) is 13.6 Å². The Balaban J connectivity index is 2.23. The van der Waals surface area contributed by atoms with Crippen LogP contribution in [0.3, 0.4) is 0 Å². The number of halogens is 1. The Bertz CT molecular complexity index is 503. The van der Waals surface area contributed by atoms with Gasteiger partial charge in [0.1, 0.15) is 0 Å². The van der Waals surface area contributed by atoms with E-state index in [4.69, 9.17) is 20.6 Å². The quantitative estimate of drug-likeness (QED) is 0.312. The fraction of sp³-hybridized carbons (Fsp3) is 1.00. The summed E-state index contributed by atoms with van der Waals surface area (Å²) in [6.45, 7) is 13.3. The molecule has 29 heavy (non-hydrogen) atoms. The van der Waals surface area contributed by atoms with Gasteiger partial charge < -0.3 is 14.2 Å². The highest BCUT2D eigenvalue weighted by Crippen LogP contribution is 2.56. The molecule has 0 unspecified atom stereocenters. The van der Waals surface area contributed by atoms with E-state index in [0.29, 0.717) is 35.5 Å². The van der Waals surface area contributed by atoms with Crippen LogP contribution in [0.15, 0.2) is 0 Å².